The fourth-order valence-corrected chi connectivity index (χ4v) is 2.46. The molecule has 0 spiro atoms. The van der Waals surface area contributed by atoms with Crippen LogP contribution in [-0.2, 0) is 6.54 Å². The SMILES string of the molecule is CCNCc1cnn(C2CCCCCC2)c1. The Bertz CT molecular complexity index is 298. The summed E-state index contributed by atoms with van der Waals surface area (Å²) in [7, 11) is 0. The third-order valence-electron chi connectivity index (χ3n) is 3.43. The number of rotatable bonds is 4. The molecule has 0 bridgehead atoms. The van der Waals surface area contributed by atoms with Crippen molar-refractivity contribution in [1.82, 2.24) is 15.1 Å². The van der Waals surface area contributed by atoms with E-state index in [0.717, 1.165) is 13.1 Å². The highest BCUT2D eigenvalue weighted by molar-refractivity contribution is 5.04. The largest absolute Gasteiger partial charge is 0.313 e. The lowest BCUT2D eigenvalue weighted by atomic mass is 10.1. The topological polar surface area (TPSA) is 29.9 Å². The molecule has 0 aromatic carbocycles. The van der Waals surface area contributed by atoms with Gasteiger partial charge in [-0.3, -0.25) is 4.68 Å². The van der Waals surface area contributed by atoms with Crippen LogP contribution >= 0.6 is 0 Å². The second-order valence-corrected chi connectivity index (χ2v) is 4.75. The van der Waals surface area contributed by atoms with E-state index < -0.39 is 0 Å². The fraction of sp³-hybridized carbons (Fsp3) is 0.769. The minimum atomic E-state index is 0.651. The first-order valence-electron chi connectivity index (χ1n) is 6.64. The van der Waals surface area contributed by atoms with E-state index in [2.05, 4.69) is 28.2 Å². The van der Waals surface area contributed by atoms with E-state index in [9.17, 15) is 0 Å². The van der Waals surface area contributed by atoms with Gasteiger partial charge in [-0.05, 0) is 19.4 Å². The molecule has 0 radical (unpaired) electrons. The third-order valence-corrected chi connectivity index (χ3v) is 3.43. The van der Waals surface area contributed by atoms with Gasteiger partial charge in [-0.25, -0.2) is 0 Å². The standard InChI is InChI=1S/C13H23N3/c1-2-14-9-12-10-15-16(11-12)13-7-5-3-4-6-8-13/h10-11,13-14H,2-9H2,1H3. The Hall–Kier alpha value is -0.830. The van der Waals surface area contributed by atoms with Crippen molar-refractivity contribution in [2.45, 2.75) is 58.0 Å². The molecule has 1 N–H and O–H groups in total. The van der Waals surface area contributed by atoms with Crippen LogP contribution in [-0.4, -0.2) is 16.3 Å². The number of hydrogen-bond donors (Lipinski definition) is 1. The van der Waals surface area contributed by atoms with Crippen molar-refractivity contribution in [1.29, 1.82) is 0 Å². The minimum Gasteiger partial charge on any atom is -0.313 e. The van der Waals surface area contributed by atoms with Crippen molar-refractivity contribution in [3.8, 4) is 0 Å². The van der Waals surface area contributed by atoms with Gasteiger partial charge < -0.3 is 5.32 Å². The molecule has 1 saturated carbocycles. The van der Waals surface area contributed by atoms with Crippen LogP contribution in [0.3, 0.4) is 0 Å². The first-order valence-corrected chi connectivity index (χ1v) is 6.64. The molecule has 0 amide bonds. The first-order chi connectivity index (χ1) is 7.90. The molecule has 90 valence electrons. The van der Waals surface area contributed by atoms with Crippen molar-refractivity contribution >= 4 is 0 Å². The zero-order chi connectivity index (χ0) is 11.2. The Morgan fingerprint density at radius 2 is 2.06 bits per heavy atom. The highest BCUT2D eigenvalue weighted by atomic mass is 15.3. The Morgan fingerprint density at radius 3 is 2.75 bits per heavy atom. The molecule has 16 heavy (non-hydrogen) atoms. The van der Waals surface area contributed by atoms with Gasteiger partial charge in [-0.1, -0.05) is 32.6 Å². The molecule has 0 atom stereocenters. The molecule has 3 heteroatoms. The quantitative estimate of drug-likeness (QED) is 0.792. The number of nitrogens with zero attached hydrogens (tertiary/aromatic N) is 2. The lowest BCUT2D eigenvalue weighted by molar-refractivity contribution is 0.405. The smallest absolute Gasteiger partial charge is 0.0534 e. The van der Waals surface area contributed by atoms with Crippen LogP contribution in [0, 0.1) is 0 Å². The number of hydrogen-bond acceptors (Lipinski definition) is 2. The molecule has 0 unspecified atom stereocenters. The summed E-state index contributed by atoms with van der Waals surface area (Å²) >= 11 is 0. The minimum absolute atomic E-state index is 0.651. The Balaban J connectivity index is 1.94. The van der Waals surface area contributed by atoms with E-state index in [1.54, 1.807) is 0 Å². The monoisotopic (exact) mass is 221 g/mol. The van der Waals surface area contributed by atoms with Crippen LogP contribution in [0.1, 0.15) is 57.1 Å². The van der Waals surface area contributed by atoms with Gasteiger partial charge in [-0.2, -0.15) is 5.10 Å². The van der Waals surface area contributed by atoms with Gasteiger partial charge in [0.25, 0.3) is 0 Å². The Morgan fingerprint density at radius 1 is 1.31 bits per heavy atom. The molecule has 1 heterocycles. The van der Waals surface area contributed by atoms with E-state index >= 15 is 0 Å². The summed E-state index contributed by atoms with van der Waals surface area (Å²) in [5.41, 5.74) is 1.31. The predicted molar refractivity (Wildman–Crippen MR) is 66.3 cm³/mol. The predicted octanol–water partition coefficient (Wildman–Crippen LogP) is 2.89. The second-order valence-electron chi connectivity index (χ2n) is 4.75. The van der Waals surface area contributed by atoms with Crippen molar-refractivity contribution in [2.24, 2.45) is 0 Å². The molecule has 1 aromatic rings. The average Bonchev–Trinajstić information content (AvgIpc) is 2.60. The van der Waals surface area contributed by atoms with E-state index in [-0.39, 0.29) is 0 Å². The highest BCUT2D eigenvalue weighted by Gasteiger charge is 2.14. The van der Waals surface area contributed by atoms with Crippen molar-refractivity contribution < 1.29 is 0 Å². The molecule has 0 saturated heterocycles. The zero-order valence-corrected chi connectivity index (χ0v) is 10.3. The number of aromatic nitrogens is 2. The lowest BCUT2D eigenvalue weighted by Crippen LogP contribution is -2.11. The Kier molecular flexibility index (Phi) is 4.40. The molecule has 2 rings (SSSR count). The summed E-state index contributed by atoms with van der Waals surface area (Å²) in [5.74, 6) is 0. The molecule has 1 fully saturated rings. The van der Waals surface area contributed by atoms with Gasteiger partial charge >= 0.3 is 0 Å². The van der Waals surface area contributed by atoms with Crippen LogP contribution < -0.4 is 5.32 Å². The van der Waals surface area contributed by atoms with Crippen molar-refractivity contribution in [2.75, 3.05) is 6.54 Å². The van der Waals surface area contributed by atoms with Gasteiger partial charge in [0.05, 0.1) is 12.2 Å². The first kappa shape index (κ1) is 11.6. The van der Waals surface area contributed by atoms with Crippen LogP contribution in [0.25, 0.3) is 0 Å². The van der Waals surface area contributed by atoms with E-state index in [1.807, 2.05) is 6.20 Å². The molecule has 0 aliphatic heterocycles. The van der Waals surface area contributed by atoms with Gasteiger partial charge in [0.15, 0.2) is 0 Å². The zero-order valence-electron chi connectivity index (χ0n) is 10.3. The molecule has 1 aromatic heterocycles. The molecule has 1 aliphatic carbocycles. The van der Waals surface area contributed by atoms with Crippen molar-refractivity contribution in [3.05, 3.63) is 18.0 Å². The molecular weight excluding hydrogens is 198 g/mol. The van der Waals surface area contributed by atoms with Crippen molar-refractivity contribution in [3.63, 3.8) is 0 Å². The van der Waals surface area contributed by atoms with E-state index in [4.69, 9.17) is 0 Å². The fourth-order valence-electron chi connectivity index (χ4n) is 2.46. The summed E-state index contributed by atoms with van der Waals surface area (Å²) in [6, 6.07) is 0.651. The highest BCUT2D eigenvalue weighted by Crippen LogP contribution is 2.26. The van der Waals surface area contributed by atoms with Crippen LogP contribution in [0.15, 0.2) is 12.4 Å². The summed E-state index contributed by atoms with van der Waals surface area (Å²) in [6.07, 6.45) is 12.4. The van der Waals surface area contributed by atoms with Crippen LogP contribution in [0.2, 0.25) is 0 Å². The van der Waals surface area contributed by atoms with E-state index in [0.29, 0.717) is 6.04 Å². The Labute approximate surface area is 98.2 Å². The summed E-state index contributed by atoms with van der Waals surface area (Å²) in [4.78, 5) is 0. The summed E-state index contributed by atoms with van der Waals surface area (Å²) < 4.78 is 2.19. The molecular formula is C13H23N3. The summed E-state index contributed by atoms with van der Waals surface area (Å²) in [6.45, 7) is 4.10. The van der Waals surface area contributed by atoms with Gasteiger partial charge in [0.2, 0.25) is 0 Å². The second kappa shape index (κ2) is 6.04. The maximum atomic E-state index is 4.51. The van der Waals surface area contributed by atoms with Crippen LogP contribution in [0.4, 0.5) is 0 Å². The molecule has 1 aliphatic rings. The van der Waals surface area contributed by atoms with Gasteiger partial charge in [0, 0.05) is 18.3 Å². The lowest BCUT2D eigenvalue weighted by Gasteiger charge is -2.14. The third kappa shape index (κ3) is 3.08. The van der Waals surface area contributed by atoms with Gasteiger partial charge in [0.1, 0.15) is 0 Å². The number of nitrogens with one attached hydrogen (secondary N) is 1. The van der Waals surface area contributed by atoms with E-state index in [1.165, 1.54) is 44.1 Å². The van der Waals surface area contributed by atoms with Gasteiger partial charge in [-0.15, -0.1) is 0 Å². The maximum Gasteiger partial charge on any atom is 0.0534 e. The molecule has 3 nitrogen and oxygen atoms in total. The van der Waals surface area contributed by atoms with Crippen LogP contribution in [0.5, 0.6) is 0 Å². The maximum absolute atomic E-state index is 4.51. The summed E-state index contributed by atoms with van der Waals surface area (Å²) in [5, 5.41) is 7.85. The average molecular weight is 221 g/mol. The normalized spacial score (nSPS) is 18.6.